The molecule has 0 aromatic carbocycles. The molecule has 0 aliphatic heterocycles. The first-order valence-corrected chi connectivity index (χ1v) is 4.14. The van der Waals surface area contributed by atoms with E-state index in [0.717, 1.165) is 4.57 Å². The number of aliphatic hydroxyl groups excluding tert-OH is 2. The highest BCUT2D eigenvalue weighted by Crippen LogP contribution is 1.85. The Morgan fingerprint density at radius 2 is 2.21 bits per heavy atom. The third-order valence-electron chi connectivity index (χ3n) is 1.84. The van der Waals surface area contributed by atoms with Gasteiger partial charge in [-0.2, -0.15) is 0 Å². The van der Waals surface area contributed by atoms with Crippen LogP contribution in [-0.4, -0.2) is 32.5 Å². The standard InChI is InChI=1S/C8H12N2O4/c1-5-2-9-8(14)10(7(5)13)3-6(12)4-11/h2,6,11-12H,3-4H2,1H3,(H,9,14)/t6-/m0/s1. The molecule has 0 fully saturated rings. The molecular formula is C8H12N2O4. The number of aromatic nitrogens is 2. The molecule has 0 bridgehead atoms. The molecule has 1 rings (SSSR count). The van der Waals surface area contributed by atoms with Crippen molar-refractivity contribution in [2.75, 3.05) is 6.61 Å². The van der Waals surface area contributed by atoms with E-state index in [-0.39, 0.29) is 6.54 Å². The molecule has 0 amide bonds. The second-order valence-corrected chi connectivity index (χ2v) is 3.03. The van der Waals surface area contributed by atoms with Gasteiger partial charge in [-0.05, 0) is 6.92 Å². The fourth-order valence-corrected chi connectivity index (χ4v) is 1.05. The number of rotatable bonds is 3. The molecule has 1 atom stereocenters. The van der Waals surface area contributed by atoms with E-state index in [4.69, 9.17) is 10.2 Å². The van der Waals surface area contributed by atoms with Crippen LogP contribution in [0.25, 0.3) is 0 Å². The highest BCUT2D eigenvalue weighted by atomic mass is 16.3. The second-order valence-electron chi connectivity index (χ2n) is 3.03. The minimum absolute atomic E-state index is 0.202. The van der Waals surface area contributed by atoms with Crippen molar-refractivity contribution in [1.82, 2.24) is 9.55 Å². The van der Waals surface area contributed by atoms with Crippen molar-refractivity contribution >= 4 is 0 Å². The molecule has 0 aliphatic carbocycles. The monoisotopic (exact) mass is 200 g/mol. The van der Waals surface area contributed by atoms with Gasteiger partial charge in [0.2, 0.25) is 0 Å². The summed E-state index contributed by atoms with van der Waals surface area (Å²) in [5.74, 6) is 0. The number of nitrogens with zero attached hydrogens (tertiary/aromatic N) is 1. The Hall–Kier alpha value is -1.40. The van der Waals surface area contributed by atoms with Crippen molar-refractivity contribution in [1.29, 1.82) is 0 Å². The first-order valence-electron chi connectivity index (χ1n) is 4.14. The fraction of sp³-hybridized carbons (Fsp3) is 0.500. The molecule has 14 heavy (non-hydrogen) atoms. The van der Waals surface area contributed by atoms with Crippen LogP contribution in [0.1, 0.15) is 5.56 Å². The van der Waals surface area contributed by atoms with Crippen molar-refractivity contribution in [3.05, 3.63) is 32.6 Å². The lowest BCUT2D eigenvalue weighted by molar-refractivity contribution is 0.0792. The number of hydrogen-bond acceptors (Lipinski definition) is 4. The summed E-state index contributed by atoms with van der Waals surface area (Å²) in [6.07, 6.45) is 0.211. The van der Waals surface area contributed by atoms with E-state index in [1.165, 1.54) is 6.20 Å². The number of aryl methyl sites for hydroxylation is 1. The van der Waals surface area contributed by atoms with E-state index in [1.54, 1.807) is 6.92 Å². The van der Waals surface area contributed by atoms with Gasteiger partial charge in [-0.25, -0.2) is 4.79 Å². The van der Waals surface area contributed by atoms with Crippen molar-refractivity contribution in [2.24, 2.45) is 0 Å². The largest absolute Gasteiger partial charge is 0.394 e. The lowest BCUT2D eigenvalue weighted by Gasteiger charge is -2.08. The summed E-state index contributed by atoms with van der Waals surface area (Å²) in [6.45, 7) is 0.867. The van der Waals surface area contributed by atoms with Crippen LogP contribution in [0, 0.1) is 6.92 Å². The molecule has 1 aromatic rings. The van der Waals surface area contributed by atoms with E-state index in [0.29, 0.717) is 5.56 Å². The minimum atomic E-state index is -1.10. The second kappa shape index (κ2) is 4.21. The van der Waals surface area contributed by atoms with Gasteiger partial charge in [-0.15, -0.1) is 0 Å². The van der Waals surface area contributed by atoms with E-state index >= 15 is 0 Å². The van der Waals surface area contributed by atoms with Gasteiger partial charge >= 0.3 is 5.69 Å². The summed E-state index contributed by atoms with van der Waals surface area (Å²) < 4.78 is 0.857. The maximum absolute atomic E-state index is 11.4. The predicted molar refractivity (Wildman–Crippen MR) is 49.2 cm³/mol. The number of nitrogens with one attached hydrogen (secondary N) is 1. The lowest BCUT2D eigenvalue weighted by Crippen LogP contribution is -2.39. The lowest BCUT2D eigenvalue weighted by atomic mass is 10.3. The predicted octanol–water partition coefficient (Wildman–Crippen LogP) is -1.80. The van der Waals surface area contributed by atoms with Crippen LogP contribution in [0.5, 0.6) is 0 Å². The Kier molecular flexibility index (Phi) is 3.21. The van der Waals surface area contributed by atoms with Crippen molar-refractivity contribution in [3.8, 4) is 0 Å². The quantitative estimate of drug-likeness (QED) is 0.536. The molecule has 0 radical (unpaired) electrons. The summed E-state index contributed by atoms with van der Waals surface area (Å²) in [7, 11) is 0. The number of aliphatic hydroxyl groups is 2. The van der Waals surface area contributed by atoms with E-state index in [2.05, 4.69) is 4.98 Å². The highest BCUT2D eigenvalue weighted by Gasteiger charge is 2.08. The van der Waals surface area contributed by atoms with Crippen LogP contribution in [0.15, 0.2) is 15.8 Å². The number of hydrogen-bond donors (Lipinski definition) is 3. The van der Waals surface area contributed by atoms with E-state index in [1.807, 2.05) is 0 Å². The zero-order valence-electron chi connectivity index (χ0n) is 7.73. The zero-order chi connectivity index (χ0) is 10.7. The minimum Gasteiger partial charge on any atom is -0.394 e. The van der Waals surface area contributed by atoms with Crippen LogP contribution in [-0.2, 0) is 6.54 Å². The Morgan fingerprint density at radius 1 is 1.57 bits per heavy atom. The zero-order valence-corrected chi connectivity index (χ0v) is 7.73. The molecule has 1 heterocycles. The van der Waals surface area contributed by atoms with Gasteiger partial charge in [0, 0.05) is 11.8 Å². The Labute approximate surface area is 79.5 Å². The molecule has 6 heteroatoms. The van der Waals surface area contributed by atoms with Crippen LogP contribution >= 0.6 is 0 Å². The normalized spacial score (nSPS) is 12.8. The Balaban J connectivity index is 3.14. The van der Waals surface area contributed by atoms with E-state index < -0.39 is 24.0 Å². The van der Waals surface area contributed by atoms with E-state index in [9.17, 15) is 9.59 Å². The third-order valence-corrected chi connectivity index (χ3v) is 1.84. The fourth-order valence-electron chi connectivity index (χ4n) is 1.05. The van der Waals surface area contributed by atoms with Gasteiger partial charge in [-0.1, -0.05) is 0 Å². The Bertz CT molecular complexity index is 420. The summed E-state index contributed by atoms with van der Waals surface area (Å²) in [5.41, 5.74) is -0.663. The molecule has 0 unspecified atom stereocenters. The average Bonchev–Trinajstić information content (AvgIpc) is 2.18. The van der Waals surface area contributed by atoms with Crippen molar-refractivity contribution in [3.63, 3.8) is 0 Å². The van der Waals surface area contributed by atoms with Crippen molar-refractivity contribution in [2.45, 2.75) is 19.6 Å². The third kappa shape index (κ3) is 2.09. The van der Waals surface area contributed by atoms with Gasteiger partial charge in [0.15, 0.2) is 0 Å². The molecule has 0 aliphatic rings. The number of H-pyrrole nitrogens is 1. The van der Waals surface area contributed by atoms with Gasteiger partial charge in [0.1, 0.15) is 0 Å². The topological polar surface area (TPSA) is 95.3 Å². The smallest absolute Gasteiger partial charge is 0.328 e. The van der Waals surface area contributed by atoms with Gasteiger partial charge in [0.05, 0.1) is 19.3 Å². The highest BCUT2D eigenvalue weighted by molar-refractivity contribution is 5.00. The average molecular weight is 200 g/mol. The molecular weight excluding hydrogens is 188 g/mol. The maximum atomic E-state index is 11.4. The molecule has 3 N–H and O–H groups in total. The maximum Gasteiger partial charge on any atom is 0.328 e. The molecule has 0 saturated heterocycles. The molecule has 1 aromatic heterocycles. The molecule has 6 nitrogen and oxygen atoms in total. The first kappa shape index (κ1) is 10.7. The van der Waals surface area contributed by atoms with Crippen LogP contribution < -0.4 is 11.2 Å². The Morgan fingerprint density at radius 3 is 2.79 bits per heavy atom. The summed E-state index contributed by atoms with van der Waals surface area (Å²) in [6, 6.07) is 0. The van der Waals surface area contributed by atoms with Crippen LogP contribution in [0.4, 0.5) is 0 Å². The van der Waals surface area contributed by atoms with Crippen LogP contribution in [0.2, 0.25) is 0 Å². The summed E-state index contributed by atoms with van der Waals surface area (Å²) >= 11 is 0. The molecule has 0 saturated carbocycles. The molecule has 0 spiro atoms. The van der Waals surface area contributed by atoms with Gasteiger partial charge < -0.3 is 15.2 Å². The summed E-state index contributed by atoms with van der Waals surface area (Å²) in [4.78, 5) is 24.9. The van der Waals surface area contributed by atoms with Crippen molar-refractivity contribution < 1.29 is 10.2 Å². The first-order chi connectivity index (χ1) is 6.56. The SMILES string of the molecule is Cc1c[nH]c(=O)n(C[C@H](O)CO)c1=O. The summed E-state index contributed by atoms with van der Waals surface area (Å²) in [5, 5.41) is 17.7. The van der Waals surface area contributed by atoms with Crippen LogP contribution in [0.3, 0.4) is 0 Å². The number of aromatic amines is 1. The van der Waals surface area contributed by atoms with Gasteiger partial charge in [0.25, 0.3) is 5.56 Å². The molecule has 78 valence electrons. The van der Waals surface area contributed by atoms with Gasteiger partial charge in [-0.3, -0.25) is 9.36 Å².